The van der Waals surface area contributed by atoms with Gasteiger partial charge < -0.3 is 5.11 Å². The van der Waals surface area contributed by atoms with Crippen LogP contribution >= 0.6 is 0 Å². The lowest BCUT2D eigenvalue weighted by atomic mass is 10.3. The third-order valence-corrected chi connectivity index (χ3v) is 0.724. The first-order valence-corrected chi connectivity index (χ1v) is 2.85. The molecule has 0 spiro atoms. The van der Waals surface area contributed by atoms with Crippen molar-refractivity contribution in [3.05, 3.63) is 0 Å². The van der Waals surface area contributed by atoms with Crippen LogP contribution in [0.3, 0.4) is 0 Å². The van der Waals surface area contributed by atoms with E-state index in [1.165, 1.54) is 0 Å². The Labute approximate surface area is 55.1 Å². The van der Waals surface area contributed by atoms with E-state index < -0.39 is 0 Å². The minimum atomic E-state index is 0.111. The van der Waals surface area contributed by atoms with Crippen LogP contribution in [0, 0.1) is 23.2 Å². The monoisotopic (exact) mass is 123 g/mol. The van der Waals surface area contributed by atoms with Crippen molar-refractivity contribution in [2.24, 2.45) is 0 Å². The predicted octanol–water partition coefficient (Wildman–Crippen LogP) is 0.676. The third kappa shape index (κ3) is 7.01. The van der Waals surface area contributed by atoms with Gasteiger partial charge in [-0.25, -0.2) is 0 Å². The van der Waals surface area contributed by atoms with Crippen LogP contribution in [0.15, 0.2) is 0 Å². The molecule has 0 amide bonds. The first-order valence-electron chi connectivity index (χ1n) is 2.85. The van der Waals surface area contributed by atoms with Gasteiger partial charge in [-0.2, -0.15) is 5.26 Å². The summed E-state index contributed by atoms with van der Waals surface area (Å²) in [6.45, 7) is 0.111. The van der Waals surface area contributed by atoms with Gasteiger partial charge >= 0.3 is 0 Å². The molecule has 0 bridgehead atoms. The Morgan fingerprint density at radius 2 is 1.78 bits per heavy atom. The summed E-state index contributed by atoms with van der Waals surface area (Å²) in [5.41, 5.74) is 0. The van der Waals surface area contributed by atoms with E-state index in [9.17, 15) is 0 Å². The van der Waals surface area contributed by atoms with Crippen molar-refractivity contribution in [2.45, 2.75) is 19.3 Å². The second kappa shape index (κ2) is 7.01. The number of nitrogens with zero attached hydrogens (tertiary/aromatic N) is 1. The average molecular weight is 123 g/mol. The van der Waals surface area contributed by atoms with Crippen LogP contribution < -0.4 is 0 Å². The van der Waals surface area contributed by atoms with Gasteiger partial charge in [-0.1, -0.05) is 0 Å². The predicted molar refractivity (Wildman–Crippen MR) is 34.3 cm³/mol. The zero-order chi connectivity index (χ0) is 6.95. The summed E-state index contributed by atoms with van der Waals surface area (Å²) in [5, 5.41) is 16.3. The summed E-state index contributed by atoms with van der Waals surface area (Å²) in [4.78, 5) is 0. The van der Waals surface area contributed by atoms with Crippen LogP contribution in [-0.2, 0) is 0 Å². The molecule has 9 heavy (non-hydrogen) atoms. The standard InChI is InChI=1S/C7H9NO/c8-6-4-2-1-3-5-7-9/h9H,2,4-5,7H2. The lowest BCUT2D eigenvalue weighted by Crippen LogP contribution is -1.75. The summed E-state index contributed by atoms with van der Waals surface area (Å²) >= 11 is 0. The van der Waals surface area contributed by atoms with Crippen molar-refractivity contribution < 1.29 is 5.11 Å². The first kappa shape index (κ1) is 8.01. The van der Waals surface area contributed by atoms with Crippen LogP contribution in [0.2, 0.25) is 0 Å². The van der Waals surface area contributed by atoms with Crippen molar-refractivity contribution in [2.75, 3.05) is 6.61 Å². The van der Waals surface area contributed by atoms with Gasteiger partial charge in [0.15, 0.2) is 0 Å². The van der Waals surface area contributed by atoms with E-state index in [1.807, 2.05) is 6.07 Å². The molecule has 0 heterocycles. The van der Waals surface area contributed by atoms with Crippen molar-refractivity contribution >= 4 is 0 Å². The summed E-state index contributed by atoms with van der Waals surface area (Å²) < 4.78 is 0. The zero-order valence-corrected chi connectivity index (χ0v) is 5.22. The molecule has 1 N–H and O–H groups in total. The molecule has 48 valence electrons. The largest absolute Gasteiger partial charge is 0.395 e. The Morgan fingerprint density at radius 3 is 2.33 bits per heavy atom. The Morgan fingerprint density at radius 1 is 1.11 bits per heavy atom. The fraction of sp³-hybridized carbons (Fsp3) is 0.571. The Balaban J connectivity index is 3.08. The molecule has 0 aliphatic carbocycles. The van der Waals surface area contributed by atoms with Crippen LogP contribution in [0.5, 0.6) is 0 Å². The zero-order valence-electron chi connectivity index (χ0n) is 5.22. The van der Waals surface area contributed by atoms with E-state index in [1.54, 1.807) is 0 Å². The average Bonchev–Trinajstić information content (AvgIpc) is 1.89. The highest BCUT2D eigenvalue weighted by Gasteiger charge is 1.74. The molecule has 0 rings (SSSR count). The van der Waals surface area contributed by atoms with E-state index in [4.69, 9.17) is 10.4 Å². The minimum Gasteiger partial charge on any atom is -0.395 e. The van der Waals surface area contributed by atoms with Crippen LogP contribution in [0.25, 0.3) is 0 Å². The van der Waals surface area contributed by atoms with Crippen molar-refractivity contribution in [3.63, 3.8) is 0 Å². The second-order valence-electron chi connectivity index (χ2n) is 1.49. The molecule has 0 atom stereocenters. The van der Waals surface area contributed by atoms with E-state index in [0.717, 1.165) is 0 Å². The topological polar surface area (TPSA) is 44.0 Å². The van der Waals surface area contributed by atoms with Gasteiger partial charge in [0.25, 0.3) is 0 Å². The van der Waals surface area contributed by atoms with E-state index in [2.05, 4.69) is 11.8 Å². The SMILES string of the molecule is N#CCCC#CCCO. The molecule has 0 radical (unpaired) electrons. The van der Waals surface area contributed by atoms with Gasteiger partial charge in [-0.15, -0.1) is 11.8 Å². The maximum Gasteiger partial charge on any atom is 0.0631 e. The number of rotatable bonds is 2. The summed E-state index contributed by atoms with van der Waals surface area (Å²) in [5.74, 6) is 5.47. The molecule has 0 aromatic rings. The van der Waals surface area contributed by atoms with Gasteiger partial charge in [-0.3, -0.25) is 0 Å². The van der Waals surface area contributed by atoms with Gasteiger partial charge in [0.1, 0.15) is 0 Å². The highest BCUT2D eigenvalue weighted by molar-refractivity contribution is 5.00. The Bertz CT molecular complexity index is 147. The van der Waals surface area contributed by atoms with Crippen molar-refractivity contribution in [1.82, 2.24) is 0 Å². The highest BCUT2D eigenvalue weighted by atomic mass is 16.2. The van der Waals surface area contributed by atoms with Crippen molar-refractivity contribution in [1.29, 1.82) is 5.26 Å². The van der Waals surface area contributed by atoms with E-state index in [-0.39, 0.29) is 6.61 Å². The number of hydrogen-bond acceptors (Lipinski definition) is 2. The maximum absolute atomic E-state index is 8.26. The summed E-state index contributed by atoms with van der Waals surface area (Å²) in [7, 11) is 0. The highest BCUT2D eigenvalue weighted by Crippen LogP contribution is 1.81. The first-order chi connectivity index (χ1) is 4.41. The second-order valence-corrected chi connectivity index (χ2v) is 1.49. The molecule has 0 fully saturated rings. The molecule has 0 saturated carbocycles. The molecule has 0 aliphatic heterocycles. The summed E-state index contributed by atoms with van der Waals surface area (Å²) in [6.07, 6.45) is 1.63. The fourth-order valence-corrected chi connectivity index (χ4v) is 0.351. The van der Waals surface area contributed by atoms with E-state index >= 15 is 0 Å². The Kier molecular flexibility index (Phi) is 6.24. The molecule has 0 aliphatic rings. The molecule has 0 aromatic carbocycles. The number of aliphatic hydroxyl groups excluding tert-OH is 1. The normalized spacial score (nSPS) is 7.11. The third-order valence-electron chi connectivity index (χ3n) is 0.724. The molecular weight excluding hydrogens is 114 g/mol. The molecule has 2 nitrogen and oxygen atoms in total. The molecule has 0 saturated heterocycles. The quantitative estimate of drug-likeness (QED) is 0.433. The lowest BCUT2D eigenvalue weighted by molar-refractivity contribution is 0.305. The van der Waals surface area contributed by atoms with Gasteiger partial charge in [0.2, 0.25) is 0 Å². The fourth-order valence-electron chi connectivity index (χ4n) is 0.351. The smallest absolute Gasteiger partial charge is 0.0631 e. The lowest BCUT2D eigenvalue weighted by Gasteiger charge is -1.77. The van der Waals surface area contributed by atoms with Crippen LogP contribution in [0.4, 0.5) is 0 Å². The van der Waals surface area contributed by atoms with Gasteiger partial charge in [0, 0.05) is 19.3 Å². The maximum atomic E-state index is 8.26. The molecular formula is C7H9NO. The number of unbranched alkanes of at least 4 members (excludes halogenated alkanes) is 1. The van der Waals surface area contributed by atoms with Gasteiger partial charge in [-0.05, 0) is 0 Å². The number of hydrogen-bond donors (Lipinski definition) is 1. The Hall–Kier alpha value is -0.990. The molecule has 0 unspecified atom stereocenters. The number of aliphatic hydroxyl groups is 1. The van der Waals surface area contributed by atoms with Gasteiger partial charge in [0.05, 0.1) is 12.7 Å². The van der Waals surface area contributed by atoms with Crippen LogP contribution in [-0.4, -0.2) is 11.7 Å². The van der Waals surface area contributed by atoms with Crippen molar-refractivity contribution in [3.8, 4) is 17.9 Å². The molecule has 2 heteroatoms. The summed E-state index contributed by atoms with van der Waals surface area (Å²) in [6, 6.07) is 1.98. The minimum absolute atomic E-state index is 0.111. The van der Waals surface area contributed by atoms with Crippen LogP contribution in [0.1, 0.15) is 19.3 Å². The number of nitriles is 1. The van der Waals surface area contributed by atoms with E-state index in [0.29, 0.717) is 19.3 Å². The molecule has 0 aromatic heterocycles.